The average Bonchev–Trinajstić information content (AvgIpc) is 3.52. The van der Waals surface area contributed by atoms with Crippen molar-refractivity contribution in [3.63, 3.8) is 0 Å². The molecule has 0 aliphatic rings. The van der Waals surface area contributed by atoms with Crippen molar-refractivity contribution in [1.29, 1.82) is 0 Å². The maximum atomic E-state index is 13.8. The lowest BCUT2D eigenvalue weighted by molar-refractivity contribution is 0.0519. The molecule has 0 aliphatic heterocycles. The fraction of sp³-hybridized carbons (Fsp3) is 0.303. The Hall–Kier alpha value is -5.15. The Bertz CT molecular complexity index is 1850. The van der Waals surface area contributed by atoms with E-state index in [9.17, 15) is 32.3 Å². The van der Waals surface area contributed by atoms with Crippen LogP contribution in [0.3, 0.4) is 0 Å². The molecule has 3 N–H and O–H groups in total. The summed E-state index contributed by atoms with van der Waals surface area (Å²) in [6.45, 7) is 3.36. The van der Waals surface area contributed by atoms with Crippen LogP contribution < -0.4 is 14.9 Å². The summed E-state index contributed by atoms with van der Waals surface area (Å²) < 4.78 is 45.4. The minimum Gasteiger partial charge on any atom is -0.461 e. The number of anilines is 1. The minimum atomic E-state index is -3.78. The first-order valence-corrected chi connectivity index (χ1v) is 16.9. The van der Waals surface area contributed by atoms with Crippen molar-refractivity contribution < 1.29 is 37.0 Å². The molecule has 0 saturated carbocycles. The van der Waals surface area contributed by atoms with E-state index in [4.69, 9.17) is 4.74 Å². The highest BCUT2D eigenvalue weighted by molar-refractivity contribution is 7.92. The Labute approximate surface area is 277 Å². The van der Waals surface area contributed by atoms with E-state index in [1.807, 2.05) is 30.3 Å². The second-order valence-electron chi connectivity index (χ2n) is 11.1. The molecular formula is C33H37FN6O7S. The maximum Gasteiger partial charge on any atom is 0.360 e. The summed E-state index contributed by atoms with van der Waals surface area (Å²) in [5, 5.41) is 24.6. The molecule has 254 valence electrons. The molecule has 15 heteroatoms. The molecule has 0 unspecified atom stereocenters. The number of ether oxygens (including phenoxy) is 1. The molecule has 3 atom stereocenters. The maximum absolute atomic E-state index is 13.8. The molecular weight excluding hydrogens is 643 g/mol. The molecule has 1 heterocycles. The van der Waals surface area contributed by atoms with Gasteiger partial charge in [-0.15, -0.1) is 5.10 Å². The van der Waals surface area contributed by atoms with Gasteiger partial charge in [0, 0.05) is 18.2 Å². The van der Waals surface area contributed by atoms with Crippen LogP contribution in [-0.2, 0) is 27.7 Å². The predicted molar refractivity (Wildman–Crippen MR) is 175 cm³/mol. The molecule has 0 spiro atoms. The van der Waals surface area contributed by atoms with Gasteiger partial charge in [0.15, 0.2) is 5.69 Å². The van der Waals surface area contributed by atoms with Crippen LogP contribution in [0.1, 0.15) is 62.2 Å². The second-order valence-corrected chi connectivity index (χ2v) is 13.1. The Morgan fingerprint density at radius 2 is 1.62 bits per heavy atom. The van der Waals surface area contributed by atoms with Gasteiger partial charge in [0.2, 0.25) is 10.0 Å². The van der Waals surface area contributed by atoms with Gasteiger partial charge in [-0.05, 0) is 61.7 Å². The summed E-state index contributed by atoms with van der Waals surface area (Å²) in [7, 11) is -2.49. The first-order chi connectivity index (χ1) is 22.7. The Kier molecular flexibility index (Phi) is 11.6. The highest BCUT2D eigenvalue weighted by Crippen LogP contribution is 2.23. The number of benzene rings is 3. The smallest absolute Gasteiger partial charge is 0.360 e. The van der Waals surface area contributed by atoms with Gasteiger partial charge >= 0.3 is 5.97 Å². The summed E-state index contributed by atoms with van der Waals surface area (Å²) in [5.41, 5.74) is 1.40. The van der Waals surface area contributed by atoms with Crippen LogP contribution in [0.15, 0.2) is 79.0 Å². The first kappa shape index (κ1) is 35.7. The zero-order valence-corrected chi connectivity index (χ0v) is 27.6. The number of carbonyl (C=O) groups is 3. The lowest BCUT2D eigenvalue weighted by Gasteiger charge is -2.25. The number of sulfonamides is 1. The van der Waals surface area contributed by atoms with E-state index in [1.165, 1.54) is 60.4 Å². The second kappa shape index (κ2) is 15.6. The summed E-state index contributed by atoms with van der Waals surface area (Å²) >= 11 is 0. The van der Waals surface area contributed by atoms with Crippen molar-refractivity contribution in [1.82, 2.24) is 25.6 Å². The lowest BCUT2D eigenvalue weighted by Crippen LogP contribution is -2.46. The van der Waals surface area contributed by atoms with Crippen molar-refractivity contribution in [3.8, 4) is 0 Å². The van der Waals surface area contributed by atoms with Gasteiger partial charge in [0.25, 0.3) is 11.8 Å². The number of nitrogens with one attached hydrogen (secondary N) is 2. The summed E-state index contributed by atoms with van der Waals surface area (Å²) in [5.74, 6) is -2.39. The summed E-state index contributed by atoms with van der Waals surface area (Å²) in [4.78, 5) is 39.2. The van der Waals surface area contributed by atoms with Crippen LogP contribution in [0, 0.1) is 5.82 Å². The van der Waals surface area contributed by atoms with Gasteiger partial charge in [0.1, 0.15) is 5.82 Å². The number of hydrogen-bond acceptors (Lipinski definition) is 9. The molecule has 4 rings (SSSR count). The third-order valence-electron chi connectivity index (χ3n) is 7.50. The first-order valence-electron chi connectivity index (χ1n) is 15.0. The molecule has 2 amide bonds. The molecule has 1 aromatic heterocycles. The summed E-state index contributed by atoms with van der Waals surface area (Å²) in [6, 6.07) is 17.2. The van der Waals surface area contributed by atoms with Gasteiger partial charge in [0.05, 0.1) is 49.5 Å². The zero-order chi connectivity index (χ0) is 35.0. The van der Waals surface area contributed by atoms with Crippen LogP contribution in [0.2, 0.25) is 0 Å². The lowest BCUT2D eigenvalue weighted by atomic mass is 10.00. The van der Waals surface area contributed by atoms with Crippen molar-refractivity contribution in [2.45, 2.75) is 45.0 Å². The monoisotopic (exact) mass is 680 g/mol. The third-order valence-corrected chi connectivity index (χ3v) is 8.70. The van der Waals surface area contributed by atoms with Gasteiger partial charge in [-0.1, -0.05) is 47.7 Å². The van der Waals surface area contributed by atoms with Gasteiger partial charge in [-0.3, -0.25) is 13.9 Å². The van der Waals surface area contributed by atoms with Crippen molar-refractivity contribution >= 4 is 33.5 Å². The van der Waals surface area contributed by atoms with E-state index in [0.717, 1.165) is 16.1 Å². The fourth-order valence-corrected chi connectivity index (χ4v) is 5.26. The minimum absolute atomic E-state index is 0.00335. The molecule has 0 radical (unpaired) electrons. The largest absolute Gasteiger partial charge is 0.461 e. The standard InChI is InChI=1S/C33H37FN6O7S/c1-5-47-33(44)29-19-40(38-37-29)20-30(41)28(15-22-9-7-6-8-10-22)36-32(43)25-16-24(17-27(18-25)39(3)48(4,45)46)31(42)35-21(2)23-11-13-26(34)14-12-23/h6-14,16-19,21,28,30,41H,5,15,20H2,1-4H3,(H,35,42)(H,36,43)/t21-,28+,30+/m1/s1. The Morgan fingerprint density at radius 3 is 2.23 bits per heavy atom. The van der Waals surface area contributed by atoms with E-state index in [-0.39, 0.29) is 42.1 Å². The number of rotatable bonds is 14. The van der Waals surface area contributed by atoms with Crippen LogP contribution in [0.5, 0.6) is 0 Å². The van der Waals surface area contributed by atoms with Crippen molar-refractivity contribution in [2.75, 3.05) is 24.2 Å². The topological polar surface area (TPSA) is 173 Å². The van der Waals surface area contributed by atoms with E-state index < -0.39 is 51.8 Å². The van der Waals surface area contributed by atoms with E-state index in [2.05, 4.69) is 20.9 Å². The van der Waals surface area contributed by atoms with E-state index in [1.54, 1.807) is 13.8 Å². The highest BCUT2D eigenvalue weighted by Gasteiger charge is 2.26. The normalized spacial score (nSPS) is 13.2. The van der Waals surface area contributed by atoms with Crippen LogP contribution in [0.4, 0.5) is 10.1 Å². The highest BCUT2D eigenvalue weighted by atomic mass is 32.2. The molecule has 0 saturated heterocycles. The van der Waals surface area contributed by atoms with Crippen molar-refractivity contribution in [2.24, 2.45) is 0 Å². The number of aromatic nitrogens is 3. The van der Waals surface area contributed by atoms with Crippen LogP contribution >= 0.6 is 0 Å². The molecule has 13 nitrogen and oxygen atoms in total. The number of carbonyl (C=O) groups excluding carboxylic acids is 3. The van der Waals surface area contributed by atoms with Crippen LogP contribution in [-0.4, -0.2) is 78.4 Å². The van der Waals surface area contributed by atoms with E-state index >= 15 is 0 Å². The van der Waals surface area contributed by atoms with Gasteiger partial charge in [-0.2, -0.15) is 0 Å². The molecule has 4 aromatic rings. The third kappa shape index (κ3) is 9.45. The molecule has 48 heavy (non-hydrogen) atoms. The number of aliphatic hydroxyl groups is 1. The Morgan fingerprint density at radius 1 is 1.00 bits per heavy atom. The number of nitrogens with zero attached hydrogens (tertiary/aromatic N) is 4. The average molecular weight is 681 g/mol. The predicted octanol–water partition coefficient (Wildman–Crippen LogP) is 2.88. The SMILES string of the molecule is CCOC(=O)c1cn(C[C@H](O)[C@H](Cc2ccccc2)NC(=O)c2cc(C(=O)N[C@H](C)c3ccc(F)cc3)cc(N(C)S(C)(=O)=O)c2)nn1. The van der Waals surface area contributed by atoms with Crippen LogP contribution in [0.25, 0.3) is 0 Å². The van der Waals surface area contributed by atoms with Gasteiger partial charge in [-0.25, -0.2) is 22.3 Å². The summed E-state index contributed by atoms with van der Waals surface area (Å²) in [6.07, 6.45) is 1.27. The molecule has 0 bridgehead atoms. The zero-order valence-electron chi connectivity index (χ0n) is 26.8. The number of aliphatic hydroxyl groups excluding tert-OH is 1. The molecule has 0 aliphatic carbocycles. The quantitative estimate of drug-likeness (QED) is 0.169. The number of esters is 1. The fourth-order valence-electron chi connectivity index (χ4n) is 4.77. The molecule has 3 aromatic carbocycles. The number of amides is 2. The van der Waals surface area contributed by atoms with Gasteiger partial charge < -0.3 is 20.5 Å². The number of hydrogen-bond donors (Lipinski definition) is 3. The Balaban J connectivity index is 1.63. The number of halogens is 1. The van der Waals surface area contributed by atoms with E-state index in [0.29, 0.717) is 5.56 Å². The molecule has 0 fully saturated rings. The van der Waals surface area contributed by atoms with Crippen molar-refractivity contribution in [3.05, 3.63) is 113 Å².